The topological polar surface area (TPSA) is 227 Å². The van der Waals surface area contributed by atoms with Crippen molar-refractivity contribution in [2.75, 3.05) is 0 Å². The summed E-state index contributed by atoms with van der Waals surface area (Å²) in [7, 11) is -4.81. The normalized spacial score (nSPS) is 12.2. The number of nitrogens with one attached hydrogen (secondary N) is 1. The number of carboxylic acids is 1. The second kappa shape index (κ2) is 12.0. The molecule has 46 heavy (non-hydrogen) atoms. The van der Waals surface area contributed by atoms with Crippen molar-refractivity contribution < 1.29 is 56.7 Å². The third kappa shape index (κ3) is 6.56. The molecule has 0 fully saturated rings. The second-order valence-electron chi connectivity index (χ2n) is 9.98. The number of phenolic OH excluding ortho intramolecular Hbond substituents is 1. The van der Waals surface area contributed by atoms with Gasteiger partial charge < -0.3 is 30.2 Å². The number of carboxylic acid groups (broad SMARTS) is 1. The zero-order valence-corrected chi connectivity index (χ0v) is 24.0. The number of halogens is 2. The molecule has 5 rings (SSSR count). The smallest absolute Gasteiger partial charge is 0.505 e. The highest BCUT2D eigenvalue weighted by molar-refractivity contribution is 7.46. The Morgan fingerprint density at radius 1 is 0.957 bits per heavy atom. The lowest BCUT2D eigenvalue weighted by Crippen LogP contribution is -2.45. The third-order valence-electron chi connectivity index (χ3n) is 6.86. The SMILES string of the molecule is NC(=O)C(Cc1ccc(OP(=O)(O)O)cc1)NC(=O)c1ccc(C(=O)O)c(-c2c3cc(F)c(=O)cc-3oc3cc(O)c(F)cc23)c1. The molecule has 1 atom stereocenters. The second-order valence-corrected chi connectivity index (χ2v) is 11.1. The highest BCUT2D eigenvalue weighted by Crippen LogP contribution is 2.43. The summed E-state index contributed by atoms with van der Waals surface area (Å²) in [6.07, 6.45) is -0.160. The zero-order chi connectivity index (χ0) is 33.5. The highest BCUT2D eigenvalue weighted by atomic mass is 31.2. The number of hydrogen-bond acceptors (Lipinski definition) is 8. The first kappa shape index (κ1) is 31.8. The maximum Gasteiger partial charge on any atom is 0.524 e. The number of phosphoric ester groups is 1. The average Bonchev–Trinajstić information content (AvgIpc) is 2.97. The summed E-state index contributed by atoms with van der Waals surface area (Å²) in [5.74, 6) is -6.87. The van der Waals surface area contributed by atoms with Crippen molar-refractivity contribution in [1.82, 2.24) is 5.32 Å². The molecule has 3 aromatic carbocycles. The zero-order valence-electron chi connectivity index (χ0n) is 23.1. The number of hydrogen-bond donors (Lipinski definition) is 6. The van der Waals surface area contributed by atoms with Crippen molar-refractivity contribution in [3.63, 3.8) is 0 Å². The molecular formula is C30H21F2N2O11P. The molecule has 2 amide bonds. The van der Waals surface area contributed by atoms with Gasteiger partial charge in [0.25, 0.3) is 5.91 Å². The van der Waals surface area contributed by atoms with E-state index in [1.165, 1.54) is 24.3 Å². The van der Waals surface area contributed by atoms with Gasteiger partial charge in [-0.3, -0.25) is 24.2 Å². The molecule has 16 heteroatoms. The van der Waals surface area contributed by atoms with Gasteiger partial charge in [0.2, 0.25) is 11.3 Å². The largest absolute Gasteiger partial charge is 0.524 e. The number of phenols is 1. The number of fused-ring (bicyclic) bond motifs is 2. The van der Waals surface area contributed by atoms with Gasteiger partial charge in [-0.25, -0.2) is 18.1 Å². The van der Waals surface area contributed by atoms with Crippen LogP contribution >= 0.6 is 7.82 Å². The van der Waals surface area contributed by atoms with Gasteiger partial charge >= 0.3 is 13.8 Å². The van der Waals surface area contributed by atoms with Crippen LogP contribution in [-0.4, -0.2) is 43.8 Å². The number of carbonyl (C=O) groups excluding carboxylic acids is 2. The molecule has 7 N–H and O–H groups in total. The Labute approximate surface area is 256 Å². The van der Waals surface area contributed by atoms with Crippen molar-refractivity contribution in [3.8, 4) is 33.9 Å². The Bertz CT molecular complexity index is 2130. The van der Waals surface area contributed by atoms with E-state index in [9.17, 15) is 42.7 Å². The van der Waals surface area contributed by atoms with Crippen LogP contribution in [0, 0.1) is 11.6 Å². The van der Waals surface area contributed by atoms with Gasteiger partial charge in [0, 0.05) is 40.6 Å². The third-order valence-corrected chi connectivity index (χ3v) is 7.31. The Morgan fingerprint density at radius 2 is 1.65 bits per heavy atom. The summed E-state index contributed by atoms with van der Waals surface area (Å²) in [6, 6.07) is 10.5. The molecule has 0 saturated carbocycles. The number of rotatable bonds is 9. The van der Waals surface area contributed by atoms with Crippen molar-refractivity contribution in [2.45, 2.75) is 12.5 Å². The van der Waals surface area contributed by atoms with Crippen LogP contribution in [0.2, 0.25) is 0 Å². The van der Waals surface area contributed by atoms with Gasteiger partial charge in [-0.15, -0.1) is 0 Å². The molecule has 1 aliphatic carbocycles. The van der Waals surface area contributed by atoms with Gasteiger partial charge in [-0.05, 0) is 53.6 Å². The number of benzene rings is 4. The average molecular weight is 654 g/mol. The van der Waals surface area contributed by atoms with Crippen LogP contribution in [0.4, 0.5) is 8.78 Å². The number of carbonyl (C=O) groups is 3. The molecule has 236 valence electrons. The molecule has 0 radical (unpaired) electrons. The molecular weight excluding hydrogens is 633 g/mol. The van der Waals surface area contributed by atoms with Crippen LogP contribution in [0.5, 0.6) is 11.5 Å². The van der Waals surface area contributed by atoms with E-state index in [0.29, 0.717) is 5.56 Å². The Balaban J connectivity index is 1.58. The lowest BCUT2D eigenvalue weighted by molar-refractivity contribution is -0.119. The summed E-state index contributed by atoms with van der Waals surface area (Å²) < 4.78 is 50.2. The molecule has 3 aromatic rings. The number of aromatic hydroxyl groups is 1. The summed E-state index contributed by atoms with van der Waals surface area (Å²) in [6.45, 7) is 0. The van der Waals surface area contributed by atoms with E-state index in [1.54, 1.807) is 0 Å². The maximum atomic E-state index is 14.6. The van der Waals surface area contributed by atoms with Crippen LogP contribution in [-0.2, 0) is 15.8 Å². The molecule has 0 aromatic heterocycles. The van der Waals surface area contributed by atoms with E-state index in [1.807, 2.05) is 0 Å². The first-order valence-corrected chi connectivity index (χ1v) is 14.5. The number of amides is 2. The van der Waals surface area contributed by atoms with Gasteiger partial charge in [-0.1, -0.05) is 12.1 Å². The van der Waals surface area contributed by atoms with Crippen LogP contribution in [0.25, 0.3) is 33.4 Å². The lowest BCUT2D eigenvalue weighted by Gasteiger charge is -2.19. The van der Waals surface area contributed by atoms with Crippen molar-refractivity contribution in [1.29, 1.82) is 0 Å². The van der Waals surface area contributed by atoms with Crippen molar-refractivity contribution >= 4 is 36.6 Å². The Morgan fingerprint density at radius 3 is 2.28 bits per heavy atom. The van der Waals surface area contributed by atoms with Gasteiger partial charge in [-0.2, -0.15) is 0 Å². The number of aromatic carboxylic acids is 1. The molecule has 2 aliphatic rings. The molecule has 0 spiro atoms. The summed E-state index contributed by atoms with van der Waals surface area (Å²) in [5, 5.41) is 22.2. The molecule has 1 aliphatic heterocycles. The summed E-state index contributed by atoms with van der Waals surface area (Å²) >= 11 is 0. The maximum absolute atomic E-state index is 14.6. The van der Waals surface area contributed by atoms with E-state index in [-0.39, 0.29) is 51.2 Å². The fourth-order valence-electron chi connectivity index (χ4n) is 4.79. The first-order valence-electron chi connectivity index (χ1n) is 13.0. The van der Waals surface area contributed by atoms with E-state index >= 15 is 0 Å². The standard InChI is InChI=1S/C30H21F2N2O11P/c31-20-9-18-25(11-23(20)35)44-26-12-24(36)21(32)10-19(26)27(18)17-8-14(3-6-16(17)30(39)40)29(38)34-22(28(33)37)7-13-1-4-15(5-2-13)45-46(41,42)43/h1-6,8-12,22,35H,7H2,(H2,33,37)(H,34,38)(H,39,40)(H2,41,42,43). The first-order chi connectivity index (χ1) is 21.6. The number of nitrogens with two attached hydrogens (primary N) is 1. The molecule has 1 heterocycles. The van der Waals surface area contributed by atoms with Gasteiger partial charge in [0.15, 0.2) is 17.4 Å². The molecule has 1 unspecified atom stereocenters. The van der Waals surface area contributed by atoms with Gasteiger partial charge in [0.1, 0.15) is 23.1 Å². The highest BCUT2D eigenvalue weighted by Gasteiger charge is 2.27. The molecule has 13 nitrogen and oxygen atoms in total. The lowest BCUT2D eigenvalue weighted by atomic mass is 9.89. The van der Waals surface area contributed by atoms with Crippen LogP contribution in [0.15, 0.2) is 75.9 Å². The predicted octanol–water partition coefficient (Wildman–Crippen LogP) is 3.54. The Hall–Kier alpha value is -5.63. The predicted molar refractivity (Wildman–Crippen MR) is 156 cm³/mol. The Kier molecular flexibility index (Phi) is 8.32. The van der Waals surface area contributed by atoms with E-state index in [0.717, 1.165) is 42.5 Å². The minimum atomic E-state index is -4.81. The molecule has 0 bridgehead atoms. The summed E-state index contributed by atoms with van der Waals surface area (Å²) in [4.78, 5) is 67.8. The van der Waals surface area contributed by atoms with Crippen LogP contribution in [0.1, 0.15) is 26.3 Å². The number of primary amides is 1. The summed E-state index contributed by atoms with van der Waals surface area (Å²) in [5.41, 5.74) is 3.57. The van der Waals surface area contributed by atoms with E-state index < -0.39 is 60.0 Å². The fourth-order valence-corrected chi connectivity index (χ4v) is 5.19. The fraction of sp³-hybridized carbons (Fsp3) is 0.0667. The van der Waals surface area contributed by atoms with Crippen molar-refractivity contribution in [3.05, 3.63) is 105 Å². The van der Waals surface area contributed by atoms with Crippen LogP contribution in [0.3, 0.4) is 0 Å². The van der Waals surface area contributed by atoms with E-state index in [2.05, 4.69) is 9.84 Å². The molecule has 0 saturated heterocycles. The minimum absolute atomic E-state index is 0.123. The quantitative estimate of drug-likeness (QED) is 0.0995. The van der Waals surface area contributed by atoms with Crippen molar-refractivity contribution in [2.24, 2.45) is 5.73 Å². The minimum Gasteiger partial charge on any atom is -0.505 e. The van der Waals surface area contributed by atoms with Gasteiger partial charge in [0.05, 0.1) is 5.56 Å². The van der Waals surface area contributed by atoms with Crippen LogP contribution < -0.4 is 21.0 Å². The van der Waals surface area contributed by atoms with E-state index in [4.69, 9.17) is 19.9 Å². The number of phosphoric acid groups is 1. The monoisotopic (exact) mass is 654 g/mol.